The molecule has 4 aromatic carbocycles. The SMILES string of the molecule is Nc1c(C(=O)O)nn(-c2ccc3c(O)c(N=Nc4cc(OCCO)c(N=Nc5ccc([N+](=O)[O-])cc5S(=O)(=O)O)cc4OCCO)c(S(=O)(=O)O)cc3c2)c1O. The first-order chi connectivity index (χ1) is 26.3. The number of aliphatic hydroxyl groups excluding tert-OH is 2. The van der Waals surface area contributed by atoms with E-state index in [4.69, 9.17) is 15.2 Å². The molecule has 24 nitrogen and oxygen atoms in total. The monoisotopic (exact) mass is 818 g/mol. The average molecular weight is 819 g/mol. The molecule has 5 rings (SSSR count). The molecular formula is C30H26N8O16S2. The lowest BCUT2D eigenvalue weighted by Crippen LogP contribution is -2.04. The minimum atomic E-state index is -5.18. The Morgan fingerprint density at radius 3 is 1.91 bits per heavy atom. The minimum absolute atomic E-state index is 0.0367. The van der Waals surface area contributed by atoms with Crippen LogP contribution >= 0.6 is 0 Å². The second-order valence-electron chi connectivity index (χ2n) is 11.0. The molecule has 1 heterocycles. The third-order valence-electron chi connectivity index (χ3n) is 7.35. The van der Waals surface area contributed by atoms with Crippen molar-refractivity contribution in [2.75, 3.05) is 32.2 Å². The van der Waals surface area contributed by atoms with Crippen LogP contribution in [0.25, 0.3) is 16.5 Å². The topological polar surface area (TPSA) is 382 Å². The molecule has 0 spiro atoms. The Hall–Kier alpha value is -6.84. The number of benzene rings is 4. The Kier molecular flexibility index (Phi) is 11.4. The summed E-state index contributed by atoms with van der Waals surface area (Å²) >= 11 is 0. The summed E-state index contributed by atoms with van der Waals surface area (Å²) < 4.78 is 80.5. The number of hydrogen-bond acceptors (Lipinski definition) is 19. The highest BCUT2D eigenvalue weighted by molar-refractivity contribution is 7.86. The number of nitrogens with two attached hydrogens (primary N) is 1. The number of nitro benzene ring substituents is 1. The van der Waals surface area contributed by atoms with Gasteiger partial charge in [-0.1, -0.05) is 0 Å². The van der Waals surface area contributed by atoms with Gasteiger partial charge in [0.15, 0.2) is 11.4 Å². The highest BCUT2D eigenvalue weighted by atomic mass is 32.2. The van der Waals surface area contributed by atoms with Crippen LogP contribution in [0.4, 0.5) is 34.1 Å². The lowest BCUT2D eigenvalue weighted by Gasteiger charge is -2.13. The number of aromatic carboxylic acids is 1. The summed E-state index contributed by atoms with van der Waals surface area (Å²) in [4.78, 5) is 19.7. The fourth-order valence-corrected chi connectivity index (χ4v) is 6.18. The van der Waals surface area contributed by atoms with E-state index in [2.05, 4.69) is 25.6 Å². The maximum absolute atomic E-state index is 12.5. The highest BCUT2D eigenvalue weighted by Gasteiger charge is 2.25. The van der Waals surface area contributed by atoms with Crippen molar-refractivity contribution in [2.45, 2.75) is 9.79 Å². The maximum Gasteiger partial charge on any atom is 0.358 e. The number of phenolic OH excluding ortho intramolecular Hbond substituents is 1. The Labute approximate surface area is 312 Å². The highest BCUT2D eigenvalue weighted by Crippen LogP contribution is 2.45. The number of phenols is 1. The van der Waals surface area contributed by atoms with E-state index < -0.39 is 94.2 Å². The van der Waals surface area contributed by atoms with Crippen molar-refractivity contribution in [3.63, 3.8) is 0 Å². The summed E-state index contributed by atoms with van der Waals surface area (Å²) in [6.45, 7) is -1.83. The number of aliphatic hydroxyl groups is 2. The number of non-ortho nitro benzene ring substituents is 1. The summed E-state index contributed by atoms with van der Waals surface area (Å²) in [5, 5.41) is 79.8. The fourth-order valence-electron chi connectivity index (χ4n) is 4.88. The van der Waals surface area contributed by atoms with Gasteiger partial charge in [-0.3, -0.25) is 19.2 Å². The molecule has 0 aliphatic rings. The molecule has 0 aliphatic carbocycles. The molecule has 0 saturated heterocycles. The van der Waals surface area contributed by atoms with Crippen LogP contribution in [0.3, 0.4) is 0 Å². The van der Waals surface area contributed by atoms with Crippen molar-refractivity contribution in [1.82, 2.24) is 9.78 Å². The predicted molar refractivity (Wildman–Crippen MR) is 188 cm³/mol. The van der Waals surface area contributed by atoms with Crippen LogP contribution in [-0.2, 0) is 20.2 Å². The number of nitro groups is 1. The first-order valence-electron chi connectivity index (χ1n) is 15.2. The summed E-state index contributed by atoms with van der Waals surface area (Å²) in [5.41, 5.74) is 1.77. The molecular weight excluding hydrogens is 793 g/mol. The quantitative estimate of drug-likeness (QED) is 0.0323. The van der Waals surface area contributed by atoms with Gasteiger partial charge in [0, 0.05) is 29.7 Å². The normalized spacial score (nSPS) is 12.1. The molecule has 0 bridgehead atoms. The molecule has 0 fully saturated rings. The van der Waals surface area contributed by atoms with Crippen molar-refractivity contribution >= 4 is 71.1 Å². The van der Waals surface area contributed by atoms with Crippen LogP contribution in [0.2, 0.25) is 0 Å². The van der Waals surface area contributed by atoms with Crippen LogP contribution in [0.1, 0.15) is 10.5 Å². The Morgan fingerprint density at radius 1 is 0.821 bits per heavy atom. The molecule has 9 N–H and O–H groups in total. The van der Waals surface area contributed by atoms with Gasteiger partial charge in [-0.2, -0.15) is 26.6 Å². The van der Waals surface area contributed by atoms with E-state index in [1.54, 1.807) is 0 Å². The van der Waals surface area contributed by atoms with Gasteiger partial charge >= 0.3 is 5.97 Å². The van der Waals surface area contributed by atoms with Gasteiger partial charge in [0.25, 0.3) is 25.9 Å². The van der Waals surface area contributed by atoms with Crippen LogP contribution in [0.5, 0.6) is 23.1 Å². The number of fused-ring (bicyclic) bond motifs is 1. The third-order valence-corrected chi connectivity index (χ3v) is 9.10. The predicted octanol–water partition coefficient (Wildman–Crippen LogP) is 3.69. The zero-order valence-electron chi connectivity index (χ0n) is 27.9. The largest absolute Gasteiger partial charge is 0.505 e. The first kappa shape index (κ1) is 40.3. The van der Waals surface area contributed by atoms with E-state index in [-0.39, 0.29) is 52.5 Å². The number of aromatic nitrogens is 2. The second kappa shape index (κ2) is 15.9. The Balaban J connectivity index is 1.64. The number of azo groups is 2. The number of ether oxygens (including phenoxy) is 2. The van der Waals surface area contributed by atoms with Crippen molar-refractivity contribution < 1.29 is 70.7 Å². The number of carboxylic acids is 1. The van der Waals surface area contributed by atoms with E-state index in [1.807, 2.05) is 0 Å². The van der Waals surface area contributed by atoms with Gasteiger partial charge in [0.1, 0.15) is 62.9 Å². The van der Waals surface area contributed by atoms with Crippen LogP contribution in [-0.4, -0.2) is 98.6 Å². The van der Waals surface area contributed by atoms with Gasteiger partial charge < -0.3 is 40.7 Å². The van der Waals surface area contributed by atoms with Crippen molar-refractivity contribution in [3.8, 4) is 28.8 Å². The number of carboxylic acid groups (broad SMARTS) is 1. The van der Waals surface area contributed by atoms with E-state index in [1.165, 1.54) is 18.2 Å². The van der Waals surface area contributed by atoms with Gasteiger partial charge in [-0.25, -0.2) is 4.79 Å². The Bertz CT molecular complexity index is 2680. The molecule has 0 atom stereocenters. The van der Waals surface area contributed by atoms with Gasteiger partial charge in [0.05, 0.1) is 23.8 Å². The van der Waals surface area contributed by atoms with E-state index >= 15 is 0 Å². The molecule has 26 heteroatoms. The average Bonchev–Trinajstić information content (AvgIpc) is 3.44. The number of nitrogens with zero attached hydrogens (tertiary/aromatic N) is 7. The zero-order chi connectivity index (χ0) is 41.1. The number of aromatic hydroxyl groups is 2. The number of rotatable bonds is 15. The van der Waals surface area contributed by atoms with Crippen molar-refractivity contribution in [3.05, 3.63) is 70.4 Å². The third kappa shape index (κ3) is 8.43. The fraction of sp³-hybridized carbons (Fsp3) is 0.133. The smallest absolute Gasteiger partial charge is 0.358 e. The van der Waals surface area contributed by atoms with E-state index in [0.717, 1.165) is 35.0 Å². The maximum atomic E-state index is 12.5. The Morgan fingerprint density at radius 2 is 1.39 bits per heavy atom. The van der Waals surface area contributed by atoms with Crippen molar-refractivity contribution in [2.24, 2.45) is 20.5 Å². The first-order valence-corrected chi connectivity index (χ1v) is 18.1. The zero-order valence-corrected chi connectivity index (χ0v) is 29.5. The summed E-state index contributed by atoms with van der Waals surface area (Å²) in [5.74, 6) is -3.65. The van der Waals surface area contributed by atoms with Gasteiger partial charge in [-0.15, -0.1) is 20.5 Å². The van der Waals surface area contributed by atoms with E-state index in [0.29, 0.717) is 6.07 Å². The molecule has 1 aromatic heterocycles. The second-order valence-corrected chi connectivity index (χ2v) is 13.8. The lowest BCUT2D eigenvalue weighted by molar-refractivity contribution is -0.385. The van der Waals surface area contributed by atoms with E-state index in [9.17, 15) is 66.4 Å². The summed E-state index contributed by atoms with van der Waals surface area (Å²) in [6, 6.07) is 9.02. The number of hydrogen-bond donors (Lipinski definition) is 8. The number of carbonyl (C=O) groups is 1. The van der Waals surface area contributed by atoms with Gasteiger partial charge in [-0.05, 0) is 35.7 Å². The molecule has 0 aliphatic heterocycles. The van der Waals surface area contributed by atoms with Crippen LogP contribution < -0.4 is 15.2 Å². The summed E-state index contributed by atoms with van der Waals surface area (Å²) in [7, 11) is -10.2. The molecule has 56 heavy (non-hydrogen) atoms. The number of anilines is 1. The van der Waals surface area contributed by atoms with Gasteiger partial charge in [0.2, 0.25) is 5.88 Å². The number of nitrogen functional groups attached to an aromatic ring is 1. The molecule has 0 radical (unpaired) electrons. The molecule has 5 aromatic rings. The molecule has 0 amide bonds. The lowest BCUT2D eigenvalue weighted by atomic mass is 10.1. The molecule has 294 valence electrons. The standard InChI is InChI=1S/C30H26N8O16S2/c31-25-27(30(43)44)36-37(29(25)42)15-1-3-17-14(9-15)10-24(56(50,51)52)26(28(17)41)35-34-20-13-21(53-7-5-39)19(12-22(20)54-8-6-40)33-32-18-4-2-16(38(45)46)11-23(18)55(47,48)49/h1-4,9-13,39-42H,5-8,31H2,(H,43,44)(H,47,48,49)(H,50,51,52). The molecule has 0 saturated carbocycles. The molecule has 0 unspecified atom stereocenters. The van der Waals surface area contributed by atoms with Crippen molar-refractivity contribution in [1.29, 1.82) is 0 Å². The minimum Gasteiger partial charge on any atom is -0.505 e. The van der Waals surface area contributed by atoms with Crippen LogP contribution in [0.15, 0.2) is 84.8 Å². The summed E-state index contributed by atoms with van der Waals surface area (Å²) in [6.07, 6.45) is 0. The van der Waals surface area contributed by atoms with Crippen LogP contribution in [0, 0.1) is 10.1 Å².